The number of carbonyl (C=O) groups is 1. The minimum atomic E-state index is -0.603. The molecule has 2 rings (SSSR count). The van der Waals surface area contributed by atoms with E-state index in [2.05, 4.69) is 0 Å². The van der Waals surface area contributed by atoms with Gasteiger partial charge in [0.1, 0.15) is 28.3 Å². The predicted molar refractivity (Wildman–Crippen MR) is 91.8 cm³/mol. The van der Waals surface area contributed by atoms with Crippen LogP contribution in [0.5, 0.6) is 5.75 Å². The molecule has 10 heteroatoms. The SMILES string of the molecule is CCOC(=O)c1sc(N)c(C#N)c1COc1ccc([N+](=O)[O-])cc1Cl. The quantitative estimate of drug-likeness (QED) is 0.460. The molecule has 1 aromatic carbocycles. The van der Waals surface area contributed by atoms with Gasteiger partial charge in [-0.2, -0.15) is 5.26 Å². The van der Waals surface area contributed by atoms with Crippen molar-refractivity contribution < 1.29 is 19.2 Å². The molecule has 0 bridgehead atoms. The fraction of sp³-hybridized carbons (Fsp3) is 0.200. The Morgan fingerprint density at radius 3 is 2.80 bits per heavy atom. The van der Waals surface area contributed by atoms with Gasteiger partial charge in [-0.15, -0.1) is 11.3 Å². The lowest BCUT2D eigenvalue weighted by Gasteiger charge is -2.09. The molecule has 2 aromatic rings. The van der Waals surface area contributed by atoms with Gasteiger partial charge in [-0.25, -0.2) is 4.79 Å². The second-order valence-electron chi connectivity index (χ2n) is 4.64. The molecule has 2 N–H and O–H groups in total. The van der Waals surface area contributed by atoms with Crippen molar-refractivity contribution in [1.29, 1.82) is 5.26 Å². The van der Waals surface area contributed by atoms with Crippen molar-refractivity contribution in [1.82, 2.24) is 0 Å². The second-order valence-corrected chi connectivity index (χ2v) is 6.10. The maximum absolute atomic E-state index is 12.0. The number of nitrogen functional groups attached to an aromatic ring is 1. The average Bonchev–Trinajstić information content (AvgIpc) is 2.89. The molecule has 8 nitrogen and oxygen atoms in total. The first-order valence-electron chi connectivity index (χ1n) is 6.94. The molecule has 1 heterocycles. The number of carbonyl (C=O) groups excluding carboxylic acids is 1. The van der Waals surface area contributed by atoms with Crippen molar-refractivity contribution in [2.75, 3.05) is 12.3 Å². The van der Waals surface area contributed by atoms with Gasteiger partial charge in [0.25, 0.3) is 5.69 Å². The summed E-state index contributed by atoms with van der Waals surface area (Å²) in [7, 11) is 0. The number of nitriles is 1. The zero-order valence-electron chi connectivity index (χ0n) is 12.9. The summed E-state index contributed by atoms with van der Waals surface area (Å²) in [6.07, 6.45) is 0. The lowest BCUT2D eigenvalue weighted by Crippen LogP contribution is -2.08. The molecule has 0 unspecified atom stereocenters. The van der Waals surface area contributed by atoms with Crippen molar-refractivity contribution in [3.05, 3.63) is 49.3 Å². The summed E-state index contributed by atoms with van der Waals surface area (Å²) in [5.74, 6) is -0.426. The molecular formula is C15H12ClN3O5S. The Balaban J connectivity index is 2.30. The van der Waals surface area contributed by atoms with E-state index in [0.717, 1.165) is 17.4 Å². The lowest BCUT2D eigenvalue weighted by atomic mass is 10.1. The Bertz CT molecular complexity index is 875. The number of nitrogens with zero attached hydrogens (tertiary/aromatic N) is 2. The van der Waals surface area contributed by atoms with Gasteiger partial charge < -0.3 is 15.2 Å². The lowest BCUT2D eigenvalue weighted by molar-refractivity contribution is -0.384. The third-order valence-electron chi connectivity index (χ3n) is 3.11. The second kappa shape index (κ2) is 7.83. The summed E-state index contributed by atoms with van der Waals surface area (Å²) < 4.78 is 10.5. The maximum Gasteiger partial charge on any atom is 0.348 e. The van der Waals surface area contributed by atoms with Gasteiger partial charge in [0, 0.05) is 17.7 Å². The van der Waals surface area contributed by atoms with Crippen LogP contribution in [0.2, 0.25) is 5.02 Å². The minimum Gasteiger partial charge on any atom is -0.487 e. The number of nitro benzene ring substituents is 1. The third-order valence-corrected chi connectivity index (χ3v) is 4.44. The molecule has 0 aliphatic rings. The number of esters is 1. The van der Waals surface area contributed by atoms with Gasteiger partial charge in [-0.1, -0.05) is 11.6 Å². The molecule has 0 atom stereocenters. The van der Waals surface area contributed by atoms with Crippen molar-refractivity contribution in [2.24, 2.45) is 0 Å². The number of hydrogen-bond acceptors (Lipinski definition) is 8. The normalized spacial score (nSPS) is 10.1. The van der Waals surface area contributed by atoms with E-state index in [-0.39, 0.29) is 50.7 Å². The van der Waals surface area contributed by atoms with Gasteiger partial charge in [-0.05, 0) is 13.0 Å². The summed E-state index contributed by atoms with van der Waals surface area (Å²) in [5, 5.41) is 20.2. The molecule has 0 saturated heterocycles. The summed E-state index contributed by atoms with van der Waals surface area (Å²) in [5.41, 5.74) is 6.01. The molecule has 0 saturated carbocycles. The molecule has 130 valence electrons. The van der Waals surface area contributed by atoms with Gasteiger partial charge in [-0.3, -0.25) is 10.1 Å². The largest absolute Gasteiger partial charge is 0.487 e. The topological polar surface area (TPSA) is 128 Å². The number of nitro groups is 1. The van der Waals surface area contributed by atoms with E-state index < -0.39 is 10.9 Å². The number of anilines is 1. The molecule has 0 aliphatic carbocycles. The first-order valence-corrected chi connectivity index (χ1v) is 8.13. The van der Waals surface area contributed by atoms with Crippen LogP contribution in [0.1, 0.15) is 27.7 Å². The monoisotopic (exact) mass is 381 g/mol. The number of ether oxygens (including phenoxy) is 2. The summed E-state index contributed by atoms with van der Waals surface area (Å²) in [6.45, 7) is 1.67. The van der Waals surface area contributed by atoms with Crippen LogP contribution in [-0.2, 0) is 11.3 Å². The number of nitrogens with two attached hydrogens (primary N) is 1. The van der Waals surface area contributed by atoms with Gasteiger partial charge in [0.15, 0.2) is 0 Å². The van der Waals surface area contributed by atoms with Gasteiger partial charge in [0.05, 0.1) is 22.1 Å². The average molecular weight is 382 g/mol. The van der Waals surface area contributed by atoms with Crippen LogP contribution in [0.25, 0.3) is 0 Å². The third kappa shape index (κ3) is 3.99. The van der Waals surface area contributed by atoms with Crippen LogP contribution in [0.4, 0.5) is 10.7 Å². The first kappa shape index (κ1) is 18.5. The van der Waals surface area contributed by atoms with E-state index in [1.165, 1.54) is 12.1 Å². The number of halogens is 1. The Morgan fingerprint density at radius 2 is 2.24 bits per heavy atom. The fourth-order valence-corrected chi connectivity index (χ4v) is 3.12. The maximum atomic E-state index is 12.0. The Morgan fingerprint density at radius 1 is 1.52 bits per heavy atom. The molecule has 0 aliphatic heterocycles. The first-order chi connectivity index (χ1) is 11.9. The van der Waals surface area contributed by atoms with E-state index in [9.17, 15) is 20.2 Å². The van der Waals surface area contributed by atoms with Gasteiger partial charge >= 0.3 is 5.97 Å². The molecule has 25 heavy (non-hydrogen) atoms. The number of non-ortho nitro benzene ring substituents is 1. The molecule has 0 fully saturated rings. The van der Waals surface area contributed by atoms with Crippen LogP contribution in [0.15, 0.2) is 18.2 Å². The Hall–Kier alpha value is -2.83. The smallest absolute Gasteiger partial charge is 0.348 e. The summed E-state index contributed by atoms with van der Waals surface area (Å²) in [6, 6.07) is 5.66. The fourth-order valence-electron chi connectivity index (χ4n) is 1.98. The highest BCUT2D eigenvalue weighted by atomic mass is 35.5. The van der Waals surface area contributed by atoms with E-state index in [1.54, 1.807) is 6.92 Å². The Labute approximate surface area is 151 Å². The van der Waals surface area contributed by atoms with Crippen LogP contribution in [-0.4, -0.2) is 17.5 Å². The van der Waals surface area contributed by atoms with E-state index >= 15 is 0 Å². The Kier molecular flexibility index (Phi) is 5.80. The number of hydrogen-bond donors (Lipinski definition) is 1. The highest BCUT2D eigenvalue weighted by molar-refractivity contribution is 7.18. The highest BCUT2D eigenvalue weighted by Crippen LogP contribution is 2.34. The number of benzene rings is 1. The summed E-state index contributed by atoms with van der Waals surface area (Å²) in [4.78, 5) is 22.3. The number of rotatable bonds is 6. The zero-order valence-corrected chi connectivity index (χ0v) is 14.5. The standard InChI is InChI=1S/C15H12ClN3O5S/c1-2-23-15(20)13-10(9(6-17)14(18)25-13)7-24-12-4-3-8(19(21)22)5-11(12)16/h3-5H,2,7,18H2,1H3. The summed E-state index contributed by atoms with van der Waals surface area (Å²) >= 11 is 6.90. The van der Waals surface area contributed by atoms with Crippen molar-refractivity contribution in [2.45, 2.75) is 13.5 Å². The molecule has 0 spiro atoms. The molecular weight excluding hydrogens is 370 g/mol. The zero-order chi connectivity index (χ0) is 18.6. The molecule has 0 amide bonds. The molecule has 1 aromatic heterocycles. The molecule has 0 radical (unpaired) electrons. The van der Waals surface area contributed by atoms with Crippen molar-refractivity contribution in [3.63, 3.8) is 0 Å². The van der Waals surface area contributed by atoms with Crippen LogP contribution in [0.3, 0.4) is 0 Å². The van der Waals surface area contributed by atoms with Crippen molar-refractivity contribution in [3.8, 4) is 11.8 Å². The minimum absolute atomic E-state index is 0.0357. The van der Waals surface area contributed by atoms with Gasteiger partial charge in [0.2, 0.25) is 0 Å². The predicted octanol–water partition coefficient (Wildman–Crippen LogP) is 3.52. The van der Waals surface area contributed by atoms with Crippen LogP contribution < -0.4 is 10.5 Å². The van der Waals surface area contributed by atoms with Crippen molar-refractivity contribution >= 4 is 39.6 Å². The highest BCUT2D eigenvalue weighted by Gasteiger charge is 2.23. The van der Waals surface area contributed by atoms with E-state index in [0.29, 0.717) is 0 Å². The number of thiophene rings is 1. The van der Waals surface area contributed by atoms with E-state index in [4.69, 9.17) is 26.8 Å². The van der Waals surface area contributed by atoms with Crippen LogP contribution >= 0.6 is 22.9 Å². The van der Waals surface area contributed by atoms with Crippen LogP contribution in [0, 0.1) is 21.4 Å². The van der Waals surface area contributed by atoms with E-state index in [1.807, 2.05) is 6.07 Å².